The number of aromatic nitrogens is 3. The summed E-state index contributed by atoms with van der Waals surface area (Å²) in [5, 5.41) is 4.41. The second-order valence-corrected chi connectivity index (χ2v) is 5.88. The van der Waals surface area contributed by atoms with Gasteiger partial charge in [0.15, 0.2) is 0 Å². The van der Waals surface area contributed by atoms with Crippen molar-refractivity contribution in [2.24, 2.45) is 0 Å². The molecule has 0 amide bonds. The minimum absolute atomic E-state index is 0.0619. The van der Waals surface area contributed by atoms with Crippen molar-refractivity contribution >= 4 is 0 Å². The van der Waals surface area contributed by atoms with E-state index in [9.17, 15) is 0 Å². The Labute approximate surface area is 148 Å². The smallest absolute Gasteiger partial charge is 0.137 e. The van der Waals surface area contributed by atoms with Crippen LogP contribution in [0.25, 0.3) is 0 Å². The van der Waals surface area contributed by atoms with Crippen LogP contribution < -0.4 is 9.47 Å². The highest BCUT2D eigenvalue weighted by Crippen LogP contribution is 2.37. The molecule has 0 bridgehead atoms. The highest BCUT2D eigenvalue weighted by Gasteiger charge is 2.26. The van der Waals surface area contributed by atoms with E-state index in [-0.39, 0.29) is 12.0 Å². The van der Waals surface area contributed by atoms with E-state index in [2.05, 4.69) is 41.3 Å². The Bertz CT molecular complexity index is 768. The van der Waals surface area contributed by atoms with Gasteiger partial charge in [0.25, 0.3) is 0 Å². The molecule has 0 aliphatic carbocycles. The third-order valence-electron chi connectivity index (χ3n) is 4.54. The molecule has 25 heavy (non-hydrogen) atoms. The first-order valence-corrected chi connectivity index (χ1v) is 8.38. The molecule has 0 saturated heterocycles. The Hall–Kier alpha value is -2.82. The summed E-state index contributed by atoms with van der Waals surface area (Å²) in [6.45, 7) is 2.20. The van der Waals surface area contributed by atoms with Crippen LogP contribution in [0.3, 0.4) is 0 Å². The second kappa shape index (κ2) is 7.83. The fraction of sp³-hybridized carbons (Fsp3) is 0.300. The minimum atomic E-state index is 0.0619. The molecular formula is C20H23N3O2. The topological polar surface area (TPSA) is 49.2 Å². The van der Waals surface area contributed by atoms with Crippen molar-refractivity contribution in [3.8, 4) is 11.5 Å². The lowest BCUT2D eigenvalue weighted by atomic mass is 9.85. The Morgan fingerprint density at radius 3 is 1.88 bits per heavy atom. The molecule has 0 N–H and O–H groups in total. The maximum absolute atomic E-state index is 5.29. The molecular weight excluding hydrogens is 314 g/mol. The van der Waals surface area contributed by atoms with Gasteiger partial charge in [0, 0.05) is 5.92 Å². The van der Waals surface area contributed by atoms with E-state index >= 15 is 0 Å². The van der Waals surface area contributed by atoms with Gasteiger partial charge in [0.1, 0.15) is 24.2 Å². The van der Waals surface area contributed by atoms with Crippen molar-refractivity contribution < 1.29 is 9.47 Å². The van der Waals surface area contributed by atoms with E-state index in [4.69, 9.17) is 9.47 Å². The van der Waals surface area contributed by atoms with Crippen LogP contribution in [0.5, 0.6) is 11.5 Å². The first kappa shape index (κ1) is 17.0. The zero-order chi connectivity index (χ0) is 17.6. The maximum atomic E-state index is 5.29. The monoisotopic (exact) mass is 337 g/mol. The van der Waals surface area contributed by atoms with Gasteiger partial charge in [-0.05, 0) is 41.8 Å². The Morgan fingerprint density at radius 1 is 0.880 bits per heavy atom. The molecule has 0 saturated carbocycles. The summed E-state index contributed by atoms with van der Waals surface area (Å²) in [6.07, 6.45) is 4.33. The van der Waals surface area contributed by atoms with Crippen LogP contribution in [0.15, 0.2) is 61.2 Å². The molecule has 0 radical (unpaired) electrons. The van der Waals surface area contributed by atoms with Crippen LogP contribution >= 0.6 is 0 Å². The molecule has 2 aromatic carbocycles. The largest absolute Gasteiger partial charge is 0.497 e. The molecule has 2 unspecified atom stereocenters. The summed E-state index contributed by atoms with van der Waals surface area (Å²) in [4.78, 5) is 4.15. The number of methoxy groups -OCH3 is 2. The molecule has 1 heterocycles. The quantitative estimate of drug-likeness (QED) is 0.652. The van der Waals surface area contributed by atoms with Crippen LogP contribution in [0, 0.1) is 0 Å². The zero-order valence-corrected chi connectivity index (χ0v) is 14.8. The fourth-order valence-corrected chi connectivity index (χ4v) is 3.22. The van der Waals surface area contributed by atoms with Crippen LogP contribution in [0.4, 0.5) is 0 Å². The molecule has 0 fully saturated rings. The summed E-state index contributed by atoms with van der Waals surface area (Å²) in [7, 11) is 3.36. The lowest BCUT2D eigenvalue weighted by molar-refractivity contribution is 0.408. The lowest BCUT2D eigenvalue weighted by Crippen LogP contribution is -2.19. The van der Waals surface area contributed by atoms with Crippen LogP contribution in [-0.4, -0.2) is 29.0 Å². The van der Waals surface area contributed by atoms with Gasteiger partial charge in [0.05, 0.1) is 20.3 Å². The Morgan fingerprint density at radius 2 is 1.44 bits per heavy atom. The standard InChI is InChI=1S/C20H23N3O2/c1-4-19(15-5-9-17(24-2)10-6-15)20(23-14-21-13-22-23)16-7-11-18(25-3)12-8-16/h5-14,19-20H,4H2,1-3H3. The fourth-order valence-electron chi connectivity index (χ4n) is 3.22. The molecule has 5 nitrogen and oxygen atoms in total. The molecule has 3 rings (SSSR count). The van der Waals surface area contributed by atoms with Crippen molar-refractivity contribution in [3.05, 3.63) is 72.3 Å². The van der Waals surface area contributed by atoms with Crippen molar-refractivity contribution in [2.75, 3.05) is 14.2 Å². The number of hydrogen-bond acceptors (Lipinski definition) is 4. The first-order chi connectivity index (χ1) is 12.3. The van der Waals surface area contributed by atoms with Gasteiger partial charge >= 0.3 is 0 Å². The van der Waals surface area contributed by atoms with E-state index in [1.165, 1.54) is 11.1 Å². The van der Waals surface area contributed by atoms with Gasteiger partial charge in [-0.1, -0.05) is 31.2 Å². The van der Waals surface area contributed by atoms with Crippen molar-refractivity contribution in [3.63, 3.8) is 0 Å². The number of benzene rings is 2. The van der Waals surface area contributed by atoms with Crippen molar-refractivity contribution in [2.45, 2.75) is 25.3 Å². The third kappa shape index (κ3) is 3.65. The van der Waals surface area contributed by atoms with Gasteiger partial charge < -0.3 is 9.47 Å². The summed E-state index contributed by atoms with van der Waals surface area (Å²) in [5.41, 5.74) is 2.42. The van der Waals surface area contributed by atoms with Gasteiger partial charge in [-0.2, -0.15) is 5.10 Å². The van der Waals surface area contributed by atoms with Crippen LogP contribution in [0.2, 0.25) is 0 Å². The zero-order valence-electron chi connectivity index (χ0n) is 14.8. The van der Waals surface area contributed by atoms with Gasteiger partial charge in [-0.25, -0.2) is 9.67 Å². The second-order valence-electron chi connectivity index (χ2n) is 5.88. The maximum Gasteiger partial charge on any atom is 0.137 e. The van der Waals surface area contributed by atoms with E-state index < -0.39 is 0 Å². The Balaban J connectivity index is 2.01. The average Bonchev–Trinajstić information content (AvgIpc) is 3.20. The van der Waals surface area contributed by atoms with E-state index in [1.807, 2.05) is 28.9 Å². The summed E-state index contributed by atoms with van der Waals surface area (Å²) in [5.74, 6) is 1.97. The van der Waals surface area contributed by atoms with E-state index in [0.717, 1.165) is 17.9 Å². The number of nitrogens with zero attached hydrogens (tertiary/aromatic N) is 3. The molecule has 2 atom stereocenters. The van der Waals surface area contributed by atoms with Crippen LogP contribution in [0.1, 0.15) is 36.4 Å². The van der Waals surface area contributed by atoms with Crippen LogP contribution in [-0.2, 0) is 0 Å². The molecule has 0 spiro atoms. The van der Waals surface area contributed by atoms with Gasteiger partial charge in [0.2, 0.25) is 0 Å². The van der Waals surface area contributed by atoms with Crippen molar-refractivity contribution in [1.29, 1.82) is 0 Å². The average molecular weight is 337 g/mol. The number of ether oxygens (including phenoxy) is 2. The highest BCUT2D eigenvalue weighted by atomic mass is 16.5. The Kier molecular flexibility index (Phi) is 5.33. The number of hydrogen-bond donors (Lipinski definition) is 0. The minimum Gasteiger partial charge on any atom is -0.497 e. The lowest BCUT2D eigenvalue weighted by Gasteiger charge is -2.27. The SMILES string of the molecule is CCC(c1ccc(OC)cc1)C(c1ccc(OC)cc1)n1cncn1. The molecule has 3 aromatic rings. The number of rotatable bonds is 7. The summed E-state index contributed by atoms with van der Waals surface area (Å²) in [6, 6.07) is 16.5. The summed E-state index contributed by atoms with van der Waals surface area (Å²) < 4.78 is 12.5. The third-order valence-corrected chi connectivity index (χ3v) is 4.54. The van der Waals surface area contributed by atoms with Gasteiger partial charge in [-0.3, -0.25) is 0 Å². The molecule has 5 heteroatoms. The first-order valence-electron chi connectivity index (χ1n) is 8.38. The molecule has 1 aromatic heterocycles. The highest BCUT2D eigenvalue weighted by molar-refractivity contribution is 5.35. The van der Waals surface area contributed by atoms with E-state index in [1.54, 1.807) is 26.9 Å². The van der Waals surface area contributed by atoms with Gasteiger partial charge in [-0.15, -0.1) is 0 Å². The predicted octanol–water partition coefficient (Wildman–Crippen LogP) is 4.08. The molecule has 0 aliphatic heterocycles. The normalized spacial score (nSPS) is 13.2. The summed E-state index contributed by atoms with van der Waals surface area (Å²) >= 11 is 0. The molecule has 0 aliphatic rings. The molecule has 130 valence electrons. The predicted molar refractivity (Wildman–Crippen MR) is 97.2 cm³/mol. The van der Waals surface area contributed by atoms with Crippen molar-refractivity contribution in [1.82, 2.24) is 14.8 Å². The van der Waals surface area contributed by atoms with E-state index in [0.29, 0.717) is 0 Å².